The summed E-state index contributed by atoms with van der Waals surface area (Å²) in [6.07, 6.45) is 1.74. The van der Waals surface area contributed by atoms with Crippen LogP contribution in [0.5, 0.6) is 5.75 Å². The first-order chi connectivity index (χ1) is 14.1. The van der Waals surface area contributed by atoms with Gasteiger partial charge in [-0.25, -0.2) is 9.78 Å². The van der Waals surface area contributed by atoms with Gasteiger partial charge in [-0.15, -0.1) is 0 Å². The molecule has 0 atom stereocenters. The van der Waals surface area contributed by atoms with E-state index in [1.54, 1.807) is 25.1 Å². The number of nitrogens with zero attached hydrogens (tertiary/aromatic N) is 5. The molecule has 150 valence electrons. The Morgan fingerprint density at radius 3 is 2.59 bits per heavy atom. The van der Waals surface area contributed by atoms with Gasteiger partial charge >= 0.3 is 6.03 Å². The van der Waals surface area contributed by atoms with E-state index in [0.29, 0.717) is 49.3 Å². The number of aryl methyl sites for hydroxylation is 1. The van der Waals surface area contributed by atoms with Gasteiger partial charge in [0.15, 0.2) is 0 Å². The Hall–Kier alpha value is -3.62. The van der Waals surface area contributed by atoms with E-state index in [0.717, 1.165) is 11.4 Å². The molecule has 1 aliphatic rings. The summed E-state index contributed by atoms with van der Waals surface area (Å²) in [5.74, 6) is 2.55. The predicted molar refractivity (Wildman–Crippen MR) is 108 cm³/mol. The Kier molecular flexibility index (Phi) is 5.28. The average molecular weight is 394 g/mol. The van der Waals surface area contributed by atoms with E-state index in [1.807, 2.05) is 36.4 Å². The van der Waals surface area contributed by atoms with Crippen LogP contribution in [0.4, 0.5) is 16.3 Å². The third-order valence-corrected chi connectivity index (χ3v) is 4.77. The summed E-state index contributed by atoms with van der Waals surface area (Å²) in [6.45, 7) is 4.37. The number of carbonyl (C=O) groups is 1. The molecule has 3 aromatic rings. The molecule has 0 radical (unpaired) electrons. The first-order valence-corrected chi connectivity index (χ1v) is 9.34. The molecule has 1 aliphatic heterocycles. The Bertz CT molecular complexity index is 980. The third-order valence-electron chi connectivity index (χ3n) is 4.77. The molecule has 1 N–H and O–H groups in total. The molecule has 3 heterocycles. The normalized spacial score (nSPS) is 14.0. The van der Waals surface area contributed by atoms with Crippen molar-refractivity contribution in [1.82, 2.24) is 20.0 Å². The molecule has 29 heavy (non-hydrogen) atoms. The standard InChI is InChI=1S/C20H22N6O3/c1-14-22-19(24-29-14)15-7-8-18(21-13-15)25-9-11-26(12-10-25)20(27)23-16-5-3-4-6-17(16)28-2/h3-8,13H,9-12H2,1-2H3,(H,23,27). The number of nitrogens with one attached hydrogen (secondary N) is 1. The summed E-state index contributed by atoms with van der Waals surface area (Å²) in [4.78, 5) is 25.3. The van der Waals surface area contributed by atoms with Crippen LogP contribution >= 0.6 is 0 Å². The molecule has 0 bridgehead atoms. The SMILES string of the molecule is COc1ccccc1NC(=O)N1CCN(c2ccc(-c3noc(C)n3)cn2)CC1. The molecule has 0 unspecified atom stereocenters. The van der Waals surface area contributed by atoms with Crippen LogP contribution in [0.3, 0.4) is 0 Å². The van der Waals surface area contributed by atoms with Crippen LogP contribution in [0.2, 0.25) is 0 Å². The second kappa shape index (κ2) is 8.17. The van der Waals surface area contributed by atoms with Gasteiger partial charge in [0, 0.05) is 44.9 Å². The van der Waals surface area contributed by atoms with E-state index in [1.165, 1.54) is 0 Å². The van der Waals surface area contributed by atoms with Gasteiger partial charge in [-0.1, -0.05) is 17.3 Å². The number of pyridine rings is 1. The minimum Gasteiger partial charge on any atom is -0.495 e. The summed E-state index contributed by atoms with van der Waals surface area (Å²) in [7, 11) is 1.59. The highest BCUT2D eigenvalue weighted by Gasteiger charge is 2.22. The van der Waals surface area contributed by atoms with Crippen LogP contribution in [0.25, 0.3) is 11.4 Å². The molecule has 0 aliphatic carbocycles. The molecule has 9 heteroatoms. The Morgan fingerprint density at radius 2 is 1.93 bits per heavy atom. The number of carbonyl (C=O) groups excluding carboxylic acids is 1. The molecule has 9 nitrogen and oxygen atoms in total. The highest BCUT2D eigenvalue weighted by atomic mass is 16.5. The number of ether oxygens (including phenoxy) is 1. The zero-order valence-corrected chi connectivity index (χ0v) is 16.3. The van der Waals surface area contributed by atoms with E-state index in [9.17, 15) is 4.79 Å². The molecule has 1 saturated heterocycles. The van der Waals surface area contributed by atoms with Crippen LogP contribution in [0, 0.1) is 6.92 Å². The lowest BCUT2D eigenvalue weighted by Crippen LogP contribution is -2.50. The van der Waals surface area contributed by atoms with Crippen molar-refractivity contribution in [3.8, 4) is 17.1 Å². The van der Waals surface area contributed by atoms with Crippen molar-refractivity contribution >= 4 is 17.5 Å². The van der Waals surface area contributed by atoms with Gasteiger partial charge in [-0.3, -0.25) is 0 Å². The quantitative estimate of drug-likeness (QED) is 0.727. The Morgan fingerprint density at radius 1 is 1.14 bits per heavy atom. The smallest absolute Gasteiger partial charge is 0.322 e. The lowest BCUT2D eigenvalue weighted by atomic mass is 10.2. The third kappa shape index (κ3) is 4.13. The number of para-hydroxylation sites is 2. The largest absolute Gasteiger partial charge is 0.495 e. The van der Waals surface area contributed by atoms with Gasteiger partial charge in [-0.05, 0) is 24.3 Å². The van der Waals surface area contributed by atoms with Crippen molar-refractivity contribution in [2.75, 3.05) is 43.5 Å². The number of urea groups is 1. The van der Waals surface area contributed by atoms with E-state index < -0.39 is 0 Å². The maximum absolute atomic E-state index is 12.6. The molecule has 4 rings (SSSR count). The van der Waals surface area contributed by atoms with Gasteiger partial charge in [0.1, 0.15) is 11.6 Å². The minimum atomic E-state index is -0.134. The summed E-state index contributed by atoms with van der Waals surface area (Å²) in [6, 6.07) is 11.1. The van der Waals surface area contributed by atoms with E-state index in [-0.39, 0.29) is 6.03 Å². The number of amides is 2. The maximum Gasteiger partial charge on any atom is 0.322 e. The highest BCUT2D eigenvalue weighted by Crippen LogP contribution is 2.24. The van der Waals surface area contributed by atoms with Crippen molar-refractivity contribution in [3.63, 3.8) is 0 Å². The van der Waals surface area contributed by atoms with Crippen LogP contribution in [0.1, 0.15) is 5.89 Å². The number of rotatable bonds is 4. The molecule has 2 aromatic heterocycles. The second-order valence-electron chi connectivity index (χ2n) is 6.65. The van der Waals surface area contributed by atoms with Crippen molar-refractivity contribution in [2.24, 2.45) is 0 Å². The summed E-state index contributed by atoms with van der Waals surface area (Å²) in [5, 5.41) is 6.82. The molecule has 0 spiro atoms. The zero-order chi connectivity index (χ0) is 20.2. The van der Waals surface area contributed by atoms with Crippen molar-refractivity contribution < 1.29 is 14.1 Å². The number of piperazine rings is 1. The number of aromatic nitrogens is 3. The van der Waals surface area contributed by atoms with Gasteiger partial charge in [-0.2, -0.15) is 4.98 Å². The zero-order valence-electron chi connectivity index (χ0n) is 16.3. The number of hydrogen-bond donors (Lipinski definition) is 1. The van der Waals surface area contributed by atoms with E-state index in [4.69, 9.17) is 9.26 Å². The lowest BCUT2D eigenvalue weighted by molar-refractivity contribution is 0.208. The number of methoxy groups -OCH3 is 1. The van der Waals surface area contributed by atoms with Crippen LogP contribution in [-0.2, 0) is 0 Å². The fourth-order valence-corrected chi connectivity index (χ4v) is 3.20. The fraction of sp³-hybridized carbons (Fsp3) is 0.300. The molecule has 1 aromatic carbocycles. The summed E-state index contributed by atoms with van der Waals surface area (Å²) >= 11 is 0. The Labute approximate surface area is 168 Å². The molecule has 0 saturated carbocycles. The minimum absolute atomic E-state index is 0.134. The first kappa shape index (κ1) is 18.7. The monoisotopic (exact) mass is 394 g/mol. The van der Waals surface area contributed by atoms with Crippen molar-refractivity contribution in [2.45, 2.75) is 6.92 Å². The lowest BCUT2D eigenvalue weighted by Gasteiger charge is -2.35. The first-order valence-electron chi connectivity index (χ1n) is 9.34. The van der Waals surface area contributed by atoms with Gasteiger partial charge in [0.25, 0.3) is 0 Å². The molecular formula is C20H22N6O3. The van der Waals surface area contributed by atoms with Crippen LogP contribution in [-0.4, -0.2) is 59.3 Å². The van der Waals surface area contributed by atoms with Crippen molar-refractivity contribution in [1.29, 1.82) is 0 Å². The predicted octanol–water partition coefficient (Wildman–Crippen LogP) is 2.80. The van der Waals surface area contributed by atoms with E-state index >= 15 is 0 Å². The second-order valence-corrected chi connectivity index (χ2v) is 6.65. The highest BCUT2D eigenvalue weighted by molar-refractivity contribution is 5.91. The Balaban J connectivity index is 1.35. The number of anilines is 2. The molecule has 2 amide bonds. The fourth-order valence-electron chi connectivity index (χ4n) is 3.20. The van der Waals surface area contributed by atoms with Gasteiger partial charge in [0.2, 0.25) is 11.7 Å². The van der Waals surface area contributed by atoms with E-state index in [2.05, 4.69) is 25.3 Å². The van der Waals surface area contributed by atoms with Crippen molar-refractivity contribution in [3.05, 3.63) is 48.5 Å². The molecular weight excluding hydrogens is 372 g/mol. The maximum atomic E-state index is 12.6. The number of benzene rings is 1. The van der Waals surface area contributed by atoms with Crippen LogP contribution < -0.4 is 15.0 Å². The number of hydrogen-bond acceptors (Lipinski definition) is 7. The summed E-state index contributed by atoms with van der Waals surface area (Å²) < 4.78 is 10.3. The van der Waals surface area contributed by atoms with Crippen LogP contribution in [0.15, 0.2) is 47.1 Å². The summed E-state index contributed by atoms with van der Waals surface area (Å²) in [5.41, 5.74) is 1.47. The van der Waals surface area contributed by atoms with Gasteiger partial charge < -0.3 is 24.4 Å². The van der Waals surface area contributed by atoms with Gasteiger partial charge in [0.05, 0.1) is 12.8 Å². The molecule has 1 fully saturated rings. The average Bonchev–Trinajstić information content (AvgIpc) is 3.20. The topological polar surface area (TPSA) is 96.6 Å².